The third-order valence-electron chi connectivity index (χ3n) is 5.27. The number of carbonyl (C=O) groups excluding carboxylic acids is 1. The summed E-state index contributed by atoms with van der Waals surface area (Å²) in [6.07, 6.45) is 2.93. The number of aliphatic hydroxyl groups is 1. The SMILES string of the molecule is COc1cccc(OCC2CCC(O)(CNC(=O)c3ccc(O)cc3)CC2)c1. The van der Waals surface area contributed by atoms with E-state index >= 15 is 0 Å². The van der Waals surface area contributed by atoms with Crippen molar-refractivity contribution >= 4 is 5.91 Å². The number of amides is 1. The van der Waals surface area contributed by atoms with Gasteiger partial charge in [-0.1, -0.05) is 6.07 Å². The number of ether oxygens (including phenoxy) is 2. The van der Waals surface area contributed by atoms with Crippen LogP contribution >= 0.6 is 0 Å². The van der Waals surface area contributed by atoms with Crippen molar-refractivity contribution < 1.29 is 24.5 Å². The van der Waals surface area contributed by atoms with E-state index in [1.165, 1.54) is 12.1 Å². The van der Waals surface area contributed by atoms with Crippen LogP contribution in [0.25, 0.3) is 0 Å². The molecule has 0 saturated heterocycles. The molecule has 0 spiro atoms. The topological polar surface area (TPSA) is 88.0 Å². The normalized spacial score (nSPS) is 21.7. The number of hydrogen-bond donors (Lipinski definition) is 3. The molecule has 3 rings (SSSR count). The van der Waals surface area contributed by atoms with E-state index in [1.807, 2.05) is 24.3 Å². The summed E-state index contributed by atoms with van der Waals surface area (Å²) in [7, 11) is 1.63. The number of aromatic hydroxyl groups is 1. The summed E-state index contributed by atoms with van der Waals surface area (Å²) in [5.41, 5.74) is -0.430. The standard InChI is InChI=1S/C22H27NO5/c1-27-19-3-2-4-20(13-19)28-14-16-9-11-22(26,12-10-16)15-23-21(25)17-5-7-18(24)8-6-17/h2-8,13,16,24,26H,9-12,14-15H2,1H3,(H,23,25). The van der Waals surface area contributed by atoms with Gasteiger partial charge < -0.3 is 25.0 Å². The summed E-state index contributed by atoms with van der Waals surface area (Å²) in [5.74, 6) is 1.78. The summed E-state index contributed by atoms with van der Waals surface area (Å²) in [6.45, 7) is 0.819. The second-order valence-electron chi connectivity index (χ2n) is 7.39. The van der Waals surface area contributed by atoms with Crippen LogP contribution < -0.4 is 14.8 Å². The smallest absolute Gasteiger partial charge is 0.251 e. The van der Waals surface area contributed by atoms with Gasteiger partial charge in [0, 0.05) is 18.2 Å². The molecule has 0 atom stereocenters. The fourth-order valence-electron chi connectivity index (χ4n) is 3.42. The molecule has 3 N–H and O–H groups in total. The van der Waals surface area contributed by atoms with Crippen LogP contribution in [0.3, 0.4) is 0 Å². The van der Waals surface area contributed by atoms with Crippen molar-refractivity contribution in [1.82, 2.24) is 5.32 Å². The van der Waals surface area contributed by atoms with Crippen molar-refractivity contribution in [2.45, 2.75) is 31.3 Å². The van der Waals surface area contributed by atoms with E-state index < -0.39 is 5.60 Å². The summed E-state index contributed by atoms with van der Waals surface area (Å²) in [6, 6.07) is 13.6. The first-order valence-corrected chi connectivity index (χ1v) is 9.54. The van der Waals surface area contributed by atoms with E-state index in [1.54, 1.807) is 19.2 Å². The van der Waals surface area contributed by atoms with E-state index in [-0.39, 0.29) is 18.2 Å². The van der Waals surface area contributed by atoms with Gasteiger partial charge in [-0.15, -0.1) is 0 Å². The minimum absolute atomic E-state index is 0.115. The molecule has 1 amide bonds. The van der Waals surface area contributed by atoms with E-state index in [0.717, 1.165) is 24.3 Å². The lowest BCUT2D eigenvalue weighted by molar-refractivity contribution is -0.0129. The van der Waals surface area contributed by atoms with Crippen LogP contribution in [0.5, 0.6) is 17.2 Å². The molecule has 2 aromatic carbocycles. The highest BCUT2D eigenvalue weighted by Gasteiger charge is 2.33. The molecule has 0 radical (unpaired) electrons. The summed E-state index contributed by atoms with van der Waals surface area (Å²) < 4.78 is 11.1. The molecule has 1 saturated carbocycles. The van der Waals surface area contributed by atoms with Gasteiger partial charge >= 0.3 is 0 Å². The van der Waals surface area contributed by atoms with Crippen molar-refractivity contribution in [3.05, 3.63) is 54.1 Å². The predicted octanol–water partition coefficient (Wildman–Crippen LogP) is 3.13. The van der Waals surface area contributed by atoms with Crippen molar-refractivity contribution in [2.75, 3.05) is 20.3 Å². The fraction of sp³-hybridized carbons (Fsp3) is 0.409. The molecule has 0 bridgehead atoms. The van der Waals surface area contributed by atoms with Crippen LogP contribution in [0, 0.1) is 5.92 Å². The number of benzene rings is 2. The number of methoxy groups -OCH3 is 1. The van der Waals surface area contributed by atoms with Crippen LogP contribution in [0.1, 0.15) is 36.0 Å². The number of carbonyl (C=O) groups is 1. The first-order valence-electron chi connectivity index (χ1n) is 9.54. The minimum atomic E-state index is -0.890. The number of phenols is 1. The van der Waals surface area contributed by atoms with Crippen molar-refractivity contribution in [3.63, 3.8) is 0 Å². The van der Waals surface area contributed by atoms with Gasteiger partial charge in [-0.3, -0.25) is 4.79 Å². The molecule has 1 fully saturated rings. The molecule has 0 aromatic heterocycles. The maximum atomic E-state index is 12.2. The predicted molar refractivity (Wildman–Crippen MR) is 106 cm³/mol. The zero-order chi connectivity index (χ0) is 20.0. The highest BCUT2D eigenvalue weighted by atomic mass is 16.5. The Morgan fingerprint density at radius 3 is 2.50 bits per heavy atom. The monoisotopic (exact) mass is 385 g/mol. The lowest BCUT2D eigenvalue weighted by Gasteiger charge is -2.36. The molecule has 28 heavy (non-hydrogen) atoms. The molecule has 0 unspecified atom stereocenters. The van der Waals surface area contributed by atoms with Crippen molar-refractivity contribution in [3.8, 4) is 17.2 Å². The Kier molecular flexibility index (Phi) is 6.41. The molecule has 6 heteroatoms. The van der Waals surface area contributed by atoms with Gasteiger partial charge in [0.25, 0.3) is 5.91 Å². The summed E-state index contributed by atoms with van der Waals surface area (Å²) in [4.78, 5) is 12.2. The van der Waals surface area contributed by atoms with Crippen LogP contribution in [0.2, 0.25) is 0 Å². The second-order valence-corrected chi connectivity index (χ2v) is 7.39. The van der Waals surface area contributed by atoms with E-state index in [2.05, 4.69) is 5.32 Å². The molecule has 6 nitrogen and oxygen atoms in total. The van der Waals surface area contributed by atoms with Gasteiger partial charge in [-0.2, -0.15) is 0 Å². The van der Waals surface area contributed by atoms with Crippen LogP contribution in [0.15, 0.2) is 48.5 Å². The Morgan fingerprint density at radius 1 is 1.14 bits per heavy atom. The zero-order valence-electron chi connectivity index (χ0n) is 16.1. The van der Waals surface area contributed by atoms with Gasteiger partial charge in [0.05, 0.1) is 19.3 Å². The summed E-state index contributed by atoms with van der Waals surface area (Å²) >= 11 is 0. The van der Waals surface area contributed by atoms with Gasteiger partial charge in [0.15, 0.2) is 0 Å². The van der Waals surface area contributed by atoms with E-state index in [0.29, 0.717) is 30.9 Å². The second kappa shape index (κ2) is 8.97. The van der Waals surface area contributed by atoms with Gasteiger partial charge in [-0.05, 0) is 68.0 Å². The van der Waals surface area contributed by atoms with Crippen molar-refractivity contribution in [2.24, 2.45) is 5.92 Å². The zero-order valence-corrected chi connectivity index (χ0v) is 16.1. The Labute approximate surface area is 165 Å². The maximum absolute atomic E-state index is 12.2. The Balaban J connectivity index is 1.43. The Hall–Kier alpha value is -2.73. The molecule has 0 aliphatic heterocycles. The fourth-order valence-corrected chi connectivity index (χ4v) is 3.42. The molecular weight excluding hydrogens is 358 g/mol. The Morgan fingerprint density at radius 2 is 1.82 bits per heavy atom. The molecule has 2 aromatic rings. The third kappa shape index (κ3) is 5.39. The molecule has 1 aliphatic rings. The van der Waals surface area contributed by atoms with E-state index in [4.69, 9.17) is 9.47 Å². The first-order chi connectivity index (χ1) is 13.5. The number of rotatable bonds is 7. The van der Waals surface area contributed by atoms with Crippen molar-refractivity contribution in [1.29, 1.82) is 0 Å². The number of nitrogens with one attached hydrogen (secondary N) is 1. The molecule has 1 aliphatic carbocycles. The summed E-state index contributed by atoms with van der Waals surface area (Å²) in [5, 5.41) is 22.9. The minimum Gasteiger partial charge on any atom is -0.508 e. The number of phenolic OH excluding ortho intramolecular Hbond substituents is 1. The van der Waals surface area contributed by atoms with Crippen LogP contribution in [-0.4, -0.2) is 42.0 Å². The molecular formula is C22H27NO5. The third-order valence-corrected chi connectivity index (χ3v) is 5.27. The Bertz CT molecular complexity index is 782. The largest absolute Gasteiger partial charge is 0.508 e. The quantitative estimate of drug-likeness (QED) is 0.682. The van der Waals surface area contributed by atoms with E-state index in [9.17, 15) is 15.0 Å². The lowest BCUT2D eigenvalue weighted by atomic mass is 9.79. The average Bonchev–Trinajstić information content (AvgIpc) is 2.72. The average molecular weight is 385 g/mol. The van der Waals surface area contributed by atoms with Crippen LogP contribution in [-0.2, 0) is 0 Å². The number of hydrogen-bond acceptors (Lipinski definition) is 5. The molecule has 150 valence electrons. The first kappa shape index (κ1) is 20.0. The van der Waals surface area contributed by atoms with Crippen LogP contribution in [0.4, 0.5) is 0 Å². The highest BCUT2D eigenvalue weighted by Crippen LogP contribution is 2.32. The van der Waals surface area contributed by atoms with Gasteiger partial charge in [-0.25, -0.2) is 0 Å². The molecule has 0 heterocycles. The van der Waals surface area contributed by atoms with Gasteiger partial charge in [0.1, 0.15) is 17.2 Å². The highest BCUT2D eigenvalue weighted by molar-refractivity contribution is 5.94. The van der Waals surface area contributed by atoms with Gasteiger partial charge in [0.2, 0.25) is 0 Å². The maximum Gasteiger partial charge on any atom is 0.251 e. The lowest BCUT2D eigenvalue weighted by Crippen LogP contribution is -2.45.